The average Bonchev–Trinajstić information content (AvgIpc) is 2.78. The molecule has 3 heterocycles. The van der Waals surface area contributed by atoms with E-state index >= 15 is 0 Å². The van der Waals surface area contributed by atoms with Crippen LogP contribution in [0, 0.1) is 11.8 Å². The van der Waals surface area contributed by atoms with Gasteiger partial charge in [0.05, 0.1) is 24.4 Å². The molecule has 4 atom stereocenters. The lowest BCUT2D eigenvalue weighted by molar-refractivity contribution is 0.00908. The number of nitrogens with one attached hydrogen (secondary N) is 1. The summed E-state index contributed by atoms with van der Waals surface area (Å²) in [4.78, 5) is 30.2. The molecule has 3 saturated heterocycles. The van der Waals surface area contributed by atoms with Crippen molar-refractivity contribution >= 4 is 17.7 Å². The molecule has 2 amide bonds. The number of rotatable bonds is 2. The summed E-state index contributed by atoms with van der Waals surface area (Å²) in [6.45, 7) is 3.07. The Bertz CT molecular complexity index is 867. The first-order valence-corrected chi connectivity index (χ1v) is 11.4. The highest BCUT2D eigenvalue weighted by atomic mass is 16.5. The maximum atomic E-state index is 13.4. The van der Waals surface area contributed by atoms with Gasteiger partial charge in [-0.2, -0.15) is 0 Å². The van der Waals surface area contributed by atoms with E-state index in [0.717, 1.165) is 25.9 Å². The Hall–Kier alpha value is -2.34. The number of hydrogen-bond acceptors (Lipinski definition) is 4. The summed E-state index contributed by atoms with van der Waals surface area (Å²) in [6, 6.07) is 7.84. The summed E-state index contributed by atoms with van der Waals surface area (Å²) < 4.78 is 4.88. The predicted molar refractivity (Wildman–Crippen MR) is 115 cm³/mol. The molecule has 0 radical (unpaired) electrons. The molecule has 3 aliphatic heterocycles. The second-order valence-corrected chi connectivity index (χ2v) is 9.17. The number of carbonyl (C=O) groups is 2. The summed E-state index contributed by atoms with van der Waals surface area (Å²) >= 11 is 0. The standard InChI is InChI=1S/C24H31N3O3/c1-30-23(28)19-8-2-3-9-20(19)25-24(29)27-12-6-7-16-13-17-14-18(22(16)27)15-26-11-5-4-10-21(17)26/h2-3,8-9,13,17-18,21-22H,4-7,10-12,14-15H2,1H3,(H,25,29)/t17?,18?,21-,22-/m1/s1. The zero-order valence-electron chi connectivity index (χ0n) is 17.7. The van der Waals surface area contributed by atoms with Gasteiger partial charge >= 0.3 is 12.0 Å². The SMILES string of the molecule is COC(=O)c1ccccc1NC(=O)N1CCCC2=CC3CC(CN4CCCC[C@H]34)[C@@H]21. The Balaban J connectivity index is 1.39. The van der Waals surface area contributed by atoms with E-state index in [2.05, 4.69) is 16.3 Å². The number of para-hydroxylation sites is 1. The number of benzene rings is 1. The van der Waals surface area contributed by atoms with E-state index in [9.17, 15) is 9.59 Å². The molecule has 2 unspecified atom stereocenters. The Labute approximate surface area is 178 Å². The normalized spacial score (nSPS) is 30.6. The second-order valence-electron chi connectivity index (χ2n) is 9.17. The van der Waals surface area contributed by atoms with Crippen LogP contribution in [0.25, 0.3) is 0 Å². The topological polar surface area (TPSA) is 61.9 Å². The molecule has 0 saturated carbocycles. The zero-order chi connectivity index (χ0) is 20.7. The van der Waals surface area contributed by atoms with Crippen molar-refractivity contribution in [2.75, 3.05) is 32.1 Å². The molecule has 30 heavy (non-hydrogen) atoms. The minimum Gasteiger partial charge on any atom is -0.465 e. The lowest BCUT2D eigenvalue weighted by Gasteiger charge is -2.54. The molecular weight excluding hydrogens is 378 g/mol. The minimum atomic E-state index is -0.436. The number of methoxy groups -OCH3 is 1. The van der Waals surface area contributed by atoms with Crippen LogP contribution < -0.4 is 5.32 Å². The largest absolute Gasteiger partial charge is 0.465 e. The third-order valence-electron chi connectivity index (χ3n) is 7.49. The van der Waals surface area contributed by atoms with E-state index in [-0.39, 0.29) is 12.1 Å². The fraction of sp³-hybridized carbons (Fsp3) is 0.583. The molecule has 3 fully saturated rings. The van der Waals surface area contributed by atoms with Gasteiger partial charge in [-0.25, -0.2) is 9.59 Å². The van der Waals surface area contributed by atoms with Crippen LogP contribution in [0.1, 0.15) is 48.9 Å². The van der Waals surface area contributed by atoms with Gasteiger partial charge in [0.2, 0.25) is 0 Å². The number of urea groups is 1. The smallest absolute Gasteiger partial charge is 0.339 e. The average molecular weight is 410 g/mol. The Morgan fingerprint density at radius 3 is 2.87 bits per heavy atom. The van der Waals surface area contributed by atoms with Gasteiger partial charge in [-0.3, -0.25) is 4.90 Å². The molecule has 6 heteroatoms. The molecule has 2 bridgehead atoms. The van der Waals surface area contributed by atoms with Crippen LogP contribution in [0.4, 0.5) is 10.5 Å². The molecule has 0 spiro atoms. The van der Waals surface area contributed by atoms with Crippen molar-refractivity contribution in [3.63, 3.8) is 0 Å². The summed E-state index contributed by atoms with van der Waals surface area (Å²) in [5.41, 5.74) is 2.36. The van der Waals surface area contributed by atoms with Gasteiger partial charge in [0, 0.05) is 19.1 Å². The van der Waals surface area contributed by atoms with Crippen LogP contribution >= 0.6 is 0 Å². The van der Waals surface area contributed by atoms with Crippen molar-refractivity contribution in [3.05, 3.63) is 41.5 Å². The molecule has 1 aromatic rings. The first kappa shape index (κ1) is 19.6. The van der Waals surface area contributed by atoms with E-state index < -0.39 is 5.97 Å². The van der Waals surface area contributed by atoms with Crippen molar-refractivity contribution in [2.45, 2.75) is 50.6 Å². The van der Waals surface area contributed by atoms with Gasteiger partial charge in [-0.15, -0.1) is 0 Å². The maximum absolute atomic E-state index is 13.4. The van der Waals surface area contributed by atoms with Crippen LogP contribution in [0.3, 0.4) is 0 Å². The van der Waals surface area contributed by atoms with Gasteiger partial charge in [-0.1, -0.05) is 30.2 Å². The molecule has 4 aliphatic rings. The molecule has 1 N–H and O–H groups in total. The van der Waals surface area contributed by atoms with Crippen molar-refractivity contribution in [1.29, 1.82) is 0 Å². The lowest BCUT2D eigenvalue weighted by atomic mass is 9.68. The van der Waals surface area contributed by atoms with Crippen molar-refractivity contribution < 1.29 is 14.3 Å². The Morgan fingerprint density at radius 2 is 2.00 bits per heavy atom. The maximum Gasteiger partial charge on any atom is 0.339 e. The lowest BCUT2D eigenvalue weighted by Crippen LogP contribution is -2.60. The fourth-order valence-corrected chi connectivity index (χ4v) is 6.27. The van der Waals surface area contributed by atoms with Crippen LogP contribution in [-0.4, -0.2) is 60.6 Å². The molecule has 0 aromatic heterocycles. The molecule has 1 aliphatic carbocycles. The van der Waals surface area contributed by atoms with E-state index in [1.807, 2.05) is 11.0 Å². The van der Waals surface area contributed by atoms with Crippen molar-refractivity contribution in [3.8, 4) is 0 Å². The number of likely N-dealkylation sites (tertiary alicyclic amines) is 1. The molecular formula is C24H31N3O3. The van der Waals surface area contributed by atoms with Crippen molar-refractivity contribution in [2.24, 2.45) is 11.8 Å². The summed E-state index contributed by atoms with van der Waals surface area (Å²) in [5.74, 6) is 0.721. The highest BCUT2D eigenvalue weighted by Crippen LogP contribution is 2.45. The fourth-order valence-electron chi connectivity index (χ4n) is 6.27. The third kappa shape index (κ3) is 3.41. The van der Waals surface area contributed by atoms with E-state index in [4.69, 9.17) is 4.74 Å². The van der Waals surface area contributed by atoms with E-state index in [1.165, 1.54) is 44.9 Å². The summed E-state index contributed by atoms with van der Waals surface area (Å²) in [6.07, 6.45) is 9.78. The van der Waals surface area contributed by atoms with Gasteiger partial charge in [0.1, 0.15) is 0 Å². The van der Waals surface area contributed by atoms with Gasteiger partial charge in [0.25, 0.3) is 0 Å². The number of hydrogen-bond donors (Lipinski definition) is 1. The molecule has 5 rings (SSSR count). The van der Waals surface area contributed by atoms with E-state index in [1.54, 1.807) is 18.2 Å². The quantitative estimate of drug-likeness (QED) is 0.594. The summed E-state index contributed by atoms with van der Waals surface area (Å²) in [5, 5.41) is 3.00. The first-order valence-electron chi connectivity index (χ1n) is 11.4. The Kier molecular flexibility index (Phi) is 5.27. The minimum absolute atomic E-state index is 0.110. The predicted octanol–water partition coefficient (Wildman–Crippen LogP) is 3.90. The third-order valence-corrected chi connectivity index (χ3v) is 7.49. The number of ether oxygens (including phenoxy) is 1. The number of fused-ring (bicyclic) bond motifs is 6. The van der Waals surface area contributed by atoms with E-state index in [0.29, 0.717) is 29.1 Å². The monoisotopic (exact) mass is 409 g/mol. The van der Waals surface area contributed by atoms with Gasteiger partial charge in [-0.05, 0) is 62.6 Å². The number of carbonyl (C=O) groups excluding carboxylic acids is 2. The second kappa shape index (κ2) is 8.06. The highest BCUT2D eigenvalue weighted by Gasteiger charge is 2.47. The number of anilines is 1. The van der Waals surface area contributed by atoms with Crippen LogP contribution in [0.15, 0.2) is 35.9 Å². The Morgan fingerprint density at radius 1 is 1.13 bits per heavy atom. The van der Waals surface area contributed by atoms with Crippen molar-refractivity contribution in [1.82, 2.24) is 9.80 Å². The zero-order valence-corrected chi connectivity index (χ0v) is 17.7. The van der Waals surface area contributed by atoms with Crippen LogP contribution in [0.5, 0.6) is 0 Å². The first-order chi connectivity index (χ1) is 14.7. The summed E-state index contributed by atoms with van der Waals surface area (Å²) in [7, 11) is 1.36. The van der Waals surface area contributed by atoms with Crippen LogP contribution in [0.2, 0.25) is 0 Å². The highest BCUT2D eigenvalue weighted by molar-refractivity contribution is 6.00. The number of piperidine rings is 3. The number of nitrogens with zero attached hydrogens (tertiary/aromatic N) is 2. The molecule has 160 valence electrons. The molecule has 1 aromatic carbocycles. The van der Waals surface area contributed by atoms with Gasteiger partial charge < -0.3 is 15.0 Å². The number of amides is 2. The van der Waals surface area contributed by atoms with Gasteiger partial charge in [0.15, 0.2) is 0 Å². The van der Waals surface area contributed by atoms with Crippen LogP contribution in [-0.2, 0) is 4.74 Å². The number of esters is 1. The molecule has 6 nitrogen and oxygen atoms in total.